The van der Waals surface area contributed by atoms with E-state index in [9.17, 15) is 9.59 Å². The summed E-state index contributed by atoms with van der Waals surface area (Å²) >= 11 is 0. The molecule has 3 N–H and O–H groups in total. The molecule has 1 atom stereocenters. The second-order valence-electron chi connectivity index (χ2n) is 7.52. The van der Waals surface area contributed by atoms with E-state index in [1.54, 1.807) is 6.20 Å². The monoisotopic (exact) mass is 373 g/mol. The van der Waals surface area contributed by atoms with Crippen LogP contribution in [-0.4, -0.2) is 65.4 Å². The van der Waals surface area contributed by atoms with E-state index >= 15 is 0 Å². The highest BCUT2D eigenvalue weighted by molar-refractivity contribution is 5.79. The van der Waals surface area contributed by atoms with Crippen molar-refractivity contribution in [1.82, 2.24) is 20.1 Å². The van der Waals surface area contributed by atoms with Gasteiger partial charge in [-0.05, 0) is 44.4 Å². The number of piperidine rings is 2. The molecular weight excluding hydrogens is 342 g/mol. The summed E-state index contributed by atoms with van der Waals surface area (Å²) in [6.45, 7) is 4.37. The van der Waals surface area contributed by atoms with E-state index in [2.05, 4.69) is 15.2 Å². The molecule has 0 aromatic carbocycles. The lowest BCUT2D eigenvalue weighted by Crippen LogP contribution is -2.51. The van der Waals surface area contributed by atoms with E-state index in [0.29, 0.717) is 25.6 Å². The molecule has 0 spiro atoms. The quantitative estimate of drug-likeness (QED) is 0.768. The minimum atomic E-state index is 0.0411. The van der Waals surface area contributed by atoms with Gasteiger partial charge in [-0.3, -0.25) is 19.5 Å². The van der Waals surface area contributed by atoms with E-state index in [1.807, 2.05) is 23.1 Å². The Morgan fingerprint density at radius 1 is 1.19 bits per heavy atom. The smallest absolute Gasteiger partial charge is 0.224 e. The predicted molar refractivity (Wildman–Crippen MR) is 104 cm³/mol. The van der Waals surface area contributed by atoms with Gasteiger partial charge >= 0.3 is 0 Å². The highest BCUT2D eigenvalue weighted by Crippen LogP contribution is 2.24. The third-order valence-corrected chi connectivity index (χ3v) is 5.69. The lowest BCUT2D eigenvalue weighted by atomic mass is 9.93. The fraction of sp³-hybridized carbons (Fsp3) is 0.650. The van der Waals surface area contributed by atoms with Crippen molar-refractivity contribution in [1.29, 1.82) is 0 Å². The van der Waals surface area contributed by atoms with Crippen LogP contribution in [-0.2, 0) is 16.1 Å². The SMILES string of the molecule is NCCC(=O)N1CCC(N2CCC[C@@H](C(=O)NCc3ccccn3)C2)CC1. The van der Waals surface area contributed by atoms with E-state index in [0.717, 1.165) is 57.6 Å². The predicted octanol–water partition coefficient (Wildman–Crippen LogP) is 0.750. The van der Waals surface area contributed by atoms with Gasteiger partial charge < -0.3 is 16.0 Å². The third-order valence-electron chi connectivity index (χ3n) is 5.69. The summed E-state index contributed by atoms with van der Waals surface area (Å²) in [5.74, 6) is 0.335. The van der Waals surface area contributed by atoms with E-state index in [4.69, 9.17) is 5.73 Å². The van der Waals surface area contributed by atoms with Gasteiger partial charge in [0.1, 0.15) is 0 Å². The van der Waals surface area contributed by atoms with Crippen LogP contribution in [0.2, 0.25) is 0 Å². The molecule has 7 heteroatoms. The van der Waals surface area contributed by atoms with E-state index in [1.165, 1.54) is 0 Å². The Kier molecular flexibility index (Phi) is 7.18. The van der Waals surface area contributed by atoms with Gasteiger partial charge in [0, 0.05) is 44.8 Å². The molecule has 27 heavy (non-hydrogen) atoms. The van der Waals surface area contributed by atoms with Crippen LogP contribution in [0.3, 0.4) is 0 Å². The summed E-state index contributed by atoms with van der Waals surface area (Å²) in [6.07, 6.45) is 6.14. The molecular formula is C20H31N5O2. The Labute approximate surface area is 161 Å². The van der Waals surface area contributed by atoms with Gasteiger partial charge in [0.25, 0.3) is 0 Å². The highest BCUT2D eigenvalue weighted by Gasteiger charge is 2.32. The number of hydrogen-bond donors (Lipinski definition) is 2. The van der Waals surface area contributed by atoms with Gasteiger partial charge in [0.15, 0.2) is 0 Å². The van der Waals surface area contributed by atoms with Gasteiger partial charge in [-0.2, -0.15) is 0 Å². The van der Waals surface area contributed by atoms with Crippen molar-refractivity contribution in [3.8, 4) is 0 Å². The Hall–Kier alpha value is -1.99. The number of pyridine rings is 1. The minimum Gasteiger partial charge on any atom is -0.350 e. The first kappa shape index (κ1) is 19.8. The van der Waals surface area contributed by atoms with Crippen molar-refractivity contribution in [3.05, 3.63) is 30.1 Å². The maximum absolute atomic E-state index is 12.6. The van der Waals surface area contributed by atoms with Crippen molar-refractivity contribution in [2.75, 3.05) is 32.7 Å². The first-order valence-corrected chi connectivity index (χ1v) is 10.1. The summed E-state index contributed by atoms with van der Waals surface area (Å²) in [6, 6.07) is 6.20. The number of rotatable bonds is 6. The molecule has 0 radical (unpaired) electrons. The van der Waals surface area contributed by atoms with Crippen molar-refractivity contribution in [2.24, 2.45) is 11.7 Å². The van der Waals surface area contributed by atoms with Crippen LogP contribution >= 0.6 is 0 Å². The fourth-order valence-electron chi connectivity index (χ4n) is 4.14. The van der Waals surface area contributed by atoms with Gasteiger partial charge in [-0.15, -0.1) is 0 Å². The topological polar surface area (TPSA) is 91.6 Å². The summed E-state index contributed by atoms with van der Waals surface area (Å²) in [7, 11) is 0. The lowest BCUT2D eigenvalue weighted by molar-refractivity contribution is -0.132. The number of nitrogens with two attached hydrogens (primary N) is 1. The van der Waals surface area contributed by atoms with Crippen molar-refractivity contribution >= 4 is 11.8 Å². The number of aromatic nitrogens is 1. The second kappa shape index (κ2) is 9.80. The van der Waals surface area contributed by atoms with Crippen LogP contribution in [0.25, 0.3) is 0 Å². The van der Waals surface area contributed by atoms with E-state index < -0.39 is 0 Å². The molecule has 0 saturated carbocycles. The van der Waals surface area contributed by atoms with Crippen LogP contribution in [0.4, 0.5) is 0 Å². The number of carbonyl (C=O) groups excluding carboxylic acids is 2. The Morgan fingerprint density at radius 2 is 2.00 bits per heavy atom. The Bertz CT molecular complexity index is 616. The number of carbonyl (C=O) groups is 2. The highest BCUT2D eigenvalue weighted by atomic mass is 16.2. The molecule has 1 aromatic rings. The summed E-state index contributed by atoms with van der Waals surface area (Å²) in [5, 5.41) is 3.04. The second-order valence-corrected chi connectivity index (χ2v) is 7.52. The van der Waals surface area contributed by atoms with Crippen molar-refractivity contribution in [3.63, 3.8) is 0 Å². The summed E-state index contributed by atoms with van der Waals surface area (Å²) in [5.41, 5.74) is 6.37. The maximum Gasteiger partial charge on any atom is 0.224 e. The van der Waals surface area contributed by atoms with Crippen molar-refractivity contribution in [2.45, 2.75) is 44.7 Å². The number of amides is 2. The van der Waals surface area contributed by atoms with Crippen LogP contribution < -0.4 is 11.1 Å². The van der Waals surface area contributed by atoms with Crippen LogP contribution in [0.1, 0.15) is 37.8 Å². The Balaban J connectivity index is 1.45. The normalized spacial score (nSPS) is 21.8. The molecule has 2 amide bonds. The molecule has 0 aliphatic carbocycles. The minimum absolute atomic E-state index is 0.0411. The molecule has 0 bridgehead atoms. The summed E-state index contributed by atoms with van der Waals surface area (Å²) < 4.78 is 0. The average Bonchev–Trinajstić information content (AvgIpc) is 2.73. The molecule has 0 unspecified atom stereocenters. The average molecular weight is 374 g/mol. The number of nitrogens with one attached hydrogen (secondary N) is 1. The standard InChI is InChI=1S/C20H31N5O2/c21-9-6-19(26)24-12-7-18(8-13-24)25-11-3-4-16(15-25)20(27)23-14-17-5-1-2-10-22-17/h1-2,5,10,16,18H,3-4,6-9,11-15,21H2,(H,23,27)/t16-/m1/s1. The third kappa shape index (κ3) is 5.49. The van der Waals surface area contributed by atoms with Gasteiger partial charge in [-0.1, -0.05) is 6.07 Å². The zero-order valence-corrected chi connectivity index (χ0v) is 16.0. The number of nitrogens with zero attached hydrogens (tertiary/aromatic N) is 3. The van der Waals surface area contributed by atoms with Crippen LogP contribution in [0.15, 0.2) is 24.4 Å². The van der Waals surface area contributed by atoms with Crippen LogP contribution in [0.5, 0.6) is 0 Å². The molecule has 1 aromatic heterocycles. The largest absolute Gasteiger partial charge is 0.350 e. The molecule has 148 valence electrons. The molecule has 7 nitrogen and oxygen atoms in total. The van der Waals surface area contributed by atoms with Gasteiger partial charge in [-0.25, -0.2) is 0 Å². The Morgan fingerprint density at radius 3 is 2.70 bits per heavy atom. The van der Waals surface area contributed by atoms with Crippen LogP contribution in [0, 0.1) is 5.92 Å². The molecule has 2 fully saturated rings. The number of hydrogen-bond acceptors (Lipinski definition) is 5. The molecule has 2 aliphatic rings. The summed E-state index contributed by atoms with van der Waals surface area (Å²) in [4.78, 5) is 33.2. The van der Waals surface area contributed by atoms with Crippen molar-refractivity contribution < 1.29 is 9.59 Å². The lowest BCUT2D eigenvalue weighted by Gasteiger charge is -2.42. The number of likely N-dealkylation sites (tertiary alicyclic amines) is 2. The molecule has 3 heterocycles. The first-order valence-electron chi connectivity index (χ1n) is 10.1. The fourth-order valence-corrected chi connectivity index (χ4v) is 4.14. The first-order chi connectivity index (χ1) is 13.2. The van der Waals surface area contributed by atoms with Gasteiger partial charge in [0.2, 0.25) is 11.8 Å². The van der Waals surface area contributed by atoms with Gasteiger partial charge in [0.05, 0.1) is 18.2 Å². The molecule has 3 rings (SSSR count). The zero-order valence-electron chi connectivity index (χ0n) is 16.0. The molecule has 2 aliphatic heterocycles. The van der Waals surface area contributed by atoms with E-state index in [-0.39, 0.29) is 17.7 Å². The molecule has 2 saturated heterocycles. The zero-order chi connectivity index (χ0) is 19.1. The maximum atomic E-state index is 12.6.